The summed E-state index contributed by atoms with van der Waals surface area (Å²) in [6.45, 7) is 1.92. The summed E-state index contributed by atoms with van der Waals surface area (Å²) in [4.78, 5) is 11.8. The van der Waals surface area contributed by atoms with Gasteiger partial charge in [0, 0.05) is 10.8 Å². The van der Waals surface area contributed by atoms with Crippen molar-refractivity contribution in [3.63, 3.8) is 0 Å². The van der Waals surface area contributed by atoms with Crippen molar-refractivity contribution in [2.75, 3.05) is 17.7 Å². The molecule has 22 heavy (non-hydrogen) atoms. The second-order valence-electron chi connectivity index (χ2n) is 4.13. The summed E-state index contributed by atoms with van der Waals surface area (Å²) in [5.41, 5.74) is 0. The molecular formula is C13H13Cl2N3O2S2. The zero-order valence-corrected chi connectivity index (χ0v) is 14.8. The van der Waals surface area contributed by atoms with Crippen molar-refractivity contribution in [2.45, 2.75) is 17.7 Å². The van der Waals surface area contributed by atoms with E-state index in [-0.39, 0.29) is 12.5 Å². The van der Waals surface area contributed by atoms with Gasteiger partial charge in [-0.2, -0.15) is 0 Å². The number of nitrogens with one attached hydrogen (secondary N) is 1. The van der Waals surface area contributed by atoms with Crippen molar-refractivity contribution in [2.24, 2.45) is 0 Å². The number of rotatable bonds is 7. The van der Waals surface area contributed by atoms with E-state index in [1.165, 1.54) is 11.3 Å². The van der Waals surface area contributed by atoms with Crippen LogP contribution in [-0.2, 0) is 4.79 Å². The molecule has 1 aromatic heterocycles. The minimum Gasteiger partial charge on any atom is -0.482 e. The molecule has 1 aromatic carbocycles. The monoisotopic (exact) mass is 377 g/mol. The third-order valence-corrected chi connectivity index (χ3v) is 5.04. The van der Waals surface area contributed by atoms with Crippen LogP contribution in [-0.4, -0.2) is 28.5 Å². The molecule has 118 valence electrons. The van der Waals surface area contributed by atoms with Gasteiger partial charge in [-0.25, -0.2) is 0 Å². The molecule has 0 aliphatic rings. The number of ether oxygens (including phenoxy) is 1. The zero-order chi connectivity index (χ0) is 15.9. The molecule has 2 aromatic rings. The number of carbonyl (C=O) groups is 1. The lowest BCUT2D eigenvalue weighted by Crippen LogP contribution is -2.20. The molecule has 0 saturated heterocycles. The smallest absolute Gasteiger partial charge is 0.264 e. The average molecular weight is 378 g/mol. The van der Waals surface area contributed by atoms with E-state index in [0.717, 1.165) is 16.5 Å². The average Bonchev–Trinajstić information content (AvgIpc) is 2.91. The minimum absolute atomic E-state index is 0.168. The van der Waals surface area contributed by atoms with Crippen molar-refractivity contribution in [3.05, 3.63) is 28.2 Å². The Hall–Kier alpha value is -1.02. The fraction of sp³-hybridized carbons (Fsp3) is 0.308. The molecule has 1 heterocycles. The van der Waals surface area contributed by atoms with E-state index in [4.69, 9.17) is 27.9 Å². The Bertz CT molecular complexity index is 652. The third-order valence-electron chi connectivity index (χ3n) is 2.34. The number of amides is 1. The van der Waals surface area contributed by atoms with Gasteiger partial charge in [-0.15, -0.1) is 10.2 Å². The highest BCUT2D eigenvalue weighted by atomic mass is 35.5. The summed E-state index contributed by atoms with van der Waals surface area (Å²) in [6, 6.07) is 4.81. The first-order chi connectivity index (χ1) is 10.6. The van der Waals surface area contributed by atoms with Crippen LogP contribution in [0, 0.1) is 0 Å². The normalized spacial score (nSPS) is 10.5. The Labute approximate surface area is 146 Å². The number of nitrogens with zero attached hydrogens (tertiary/aromatic N) is 2. The summed E-state index contributed by atoms with van der Waals surface area (Å²) < 4.78 is 6.18. The van der Waals surface area contributed by atoms with Crippen molar-refractivity contribution in [1.29, 1.82) is 0 Å². The van der Waals surface area contributed by atoms with Gasteiger partial charge in [0.15, 0.2) is 10.9 Å². The lowest BCUT2D eigenvalue weighted by Gasteiger charge is -2.07. The molecule has 0 radical (unpaired) electrons. The molecule has 0 bridgehead atoms. The van der Waals surface area contributed by atoms with Gasteiger partial charge in [-0.1, -0.05) is 53.2 Å². The van der Waals surface area contributed by atoms with Crippen LogP contribution in [0.2, 0.25) is 10.0 Å². The van der Waals surface area contributed by atoms with E-state index in [1.807, 2.05) is 0 Å². The molecule has 0 unspecified atom stereocenters. The van der Waals surface area contributed by atoms with E-state index in [2.05, 4.69) is 22.4 Å². The van der Waals surface area contributed by atoms with Crippen LogP contribution in [0.4, 0.5) is 5.13 Å². The van der Waals surface area contributed by atoms with Crippen molar-refractivity contribution in [3.8, 4) is 5.75 Å². The van der Waals surface area contributed by atoms with Gasteiger partial charge in [0.05, 0.1) is 5.02 Å². The maximum atomic E-state index is 11.8. The Morgan fingerprint density at radius 2 is 2.23 bits per heavy atom. The fourth-order valence-electron chi connectivity index (χ4n) is 1.40. The second-order valence-corrected chi connectivity index (χ2v) is 7.30. The van der Waals surface area contributed by atoms with E-state index < -0.39 is 0 Å². The number of halogens is 2. The fourth-order valence-corrected chi connectivity index (χ4v) is 3.56. The number of hydrogen-bond donors (Lipinski definition) is 1. The molecule has 2 rings (SSSR count). The van der Waals surface area contributed by atoms with Crippen LogP contribution in [0.15, 0.2) is 22.5 Å². The van der Waals surface area contributed by atoms with Crippen molar-refractivity contribution >= 4 is 57.3 Å². The largest absolute Gasteiger partial charge is 0.482 e. The van der Waals surface area contributed by atoms with E-state index in [1.54, 1.807) is 30.0 Å². The Morgan fingerprint density at radius 3 is 2.95 bits per heavy atom. The van der Waals surface area contributed by atoms with E-state index >= 15 is 0 Å². The molecule has 0 spiro atoms. The lowest BCUT2D eigenvalue weighted by molar-refractivity contribution is -0.118. The van der Waals surface area contributed by atoms with Crippen LogP contribution in [0.3, 0.4) is 0 Å². The summed E-state index contributed by atoms with van der Waals surface area (Å²) >= 11 is 14.7. The van der Waals surface area contributed by atoms with Crippen LogP contribution in [0.1, 0.15) is 13.3 Å². The summed E-state index contributed by atoms with van der Waals surface area (Å²) in [6.07, 6.45) is 1.06. The predicted octanol–water partition coefficient (Wildman–Crippen LogP) is 4.36. The molecule has 0 fully saturated rings. The van der Waals surface area contributed by atoms with Crippen LogP contribution in [0.5, 0.6) is 5.75 Å². The quantitative estimate of drug-likeness (QED) is 0.573. The summed E-state index contributed by atoms with van der Waals surface area (Å²) in [5, 5.41) is 11.9. The van der Waals surface area contributed by atoms with Crippen molar-refractivity contribution in [1.82, 2.24) is 10.2 Å². The molecular weight excluding hydrogens is 365 g/mol. The molecule has 0 aliphatic carbocycles. The van der Waals surface area contributed by atoms with Crippen LogP contribution in [0.25, 0.3) is 0 Å². The number of benzene rings is 1. The maximum absolute atomic E-state index is 11.8. The van der Waals surface area contributed by atoms with Gasteiger partial charge in [0.1, 0.15) is 5.75 Å². The van der Waals surface area contributed by atoms with Gasteiger partial charge in [-0.3, -0.25) is 10.1 Å². The molecule has 0 atom stereocenters. The first-order valence-corrected chi connectivity index (χ1v) is 8.98. The second kappa shape index (κ2) is 8.57. The van der Waals surface area contributed by atoms with Crippen LogP contribution < -0.4 is 10.1 Å². The van der Waals surface area contributed by atoms with Crippen molar-refractivity contribution < 1.29 is 9.53 Å². The predicted molar refractivity (Wildman–Crippen MR) is 91.5 cm³/mol. The topological polar surface area (TPSA) is 64.1 Å². The zero-order valence-electron chi connectivity index (χ0n) is 11.6. The Morgan fingerprint density at radius 1 is 1.41 bits per heavy atom. The minimum atomic E-state index is -0.325. The molecule has 1 amide bonds. The lowest BCUT2D eigenvalue weighted by atomic mass is 10.3. The first-order valence-electron chi connectivity index (χ1n) is 6.42. The Balaban J connectivity index is 1.83. The standard InChI is InChI=1S/C13H13Cl2N3O2S2/c1-2-5-21-13-18-17-12(22-13)16-11(19)7-20-10-4-3-8(14)6-9(10)15/h3-4,6H,2,5,7H2,1H3,(H,16,17,19). The van der Waals surface area contributed by atoms with Gasteiger partial charge in [-0.05, 0) is 24.6 Å². The Kier molecular flexibility index (Phi) is 6.75. The third kappa shape index (κ3) is 5.31. The number of thioether (sulfide) groups is 1. The van der Waals surface area contributed by atoms with Gasteiger partial charge in [0.2, 0.25) is 5.13 Å². The number of carbonyl (C=O) groups excluding carboxylic acids is 1. The molecule has 1 N–H and O–H groups in total. The van der Waals surface area contributed by atoms with Crippen LogP contribution >= 0.6 is 46.3 Å². The molecule has 0 saturated carbocycles. The van der Waals surface area contributed by atoms with Gasteiger partial charge >= 0.3 is 0 Å². The highest BCUT2D eigenvalue weighted by Crippen LogP contribution is 2.28. The molecule has 0 aliphatic heterocycles. The molecule has 9 heteroatoms. The number of aromatic nitrogens is 2. The number of anilines is 1. The highest BCUT2D eigenvalue weighted by molar-refractivity contribution is 8.01. The SMILES string of the molecule is CCCSc1nnc(NC(=O)COc2ccc(Cl)cc2Cl)s1. The number of hydrogen-bond acceptors (Lipinski definition) is 6. The summed E-state index contributed by atoms with van der Waals surface area (Å²) in [7, 11) is 0. The van der Waals surface area contributed by atoms with E-state index in [0.29, 0.717) is 20.9 Å². The van der Waals surface area contributed by atoms with E-state index in [9.17, 15) is 4.79 Å². The van der Waals surface area contributed by atoms with Gasteiger partial charge < -0.3 is 4.74 Å². The molecule has 5 nitrogen and oxygen atoms in total. The maximum Gasteiger partial charge on any atom is 0.264 e. The highest BCUT2D eigenvalue weighted by Gasteiger charge is 2.10. The first kappa shape index (κ1) is 17.3. The van der Waals surface area contributed by atoms with Gasteiger partial charge in [0.25, 0.3) is 5.91 Å². The summed E-state index contributed by atoms with van der Waals surface area (Å²) in [5.74, 6) is 1.05.